The van der Waals surface area contributed by atoms with E-state index in [0.717, 1.165) is 29.3 Å². The van der Waals surface area contributed by atoms with Crippen molar-refractivity contribution < 1.29 is 19.1 Å². The van der Waals surface area contributed by atoms with Crippen LogP contribution in [0.15, 0.2) is 53.0 Å². The number of carbonyl (C=O) groups excluding carboxylic acids is 2. The minimum absolute atomic E-state index is 0.146. The Morgan fingerprint density at radius 3 is 2.48 bits per heavy atom. The van der Waals surface area contributed by atoms with Gasteiger partial charge in [0.15, 0.2) is 0 Å². The minimum atomic E-state index is -0.310. The fraction of sp³-hybridized carbons (Fsp3) is 0.440. The highest BCUT2D eigenvalue weighted by molar-refractivity contribution is 9.10. The van der Waals surface area contributed by atoms with Gasteiger partial charge in [0.2, 0.25) is 0 Å². The second kappa shape index (κ2) is 13.9. The van der Waals surface area contributed by atoms with Gasteiger partial charge in [-0.25, -0.2) is 0 Å². The molecule has 0 fully saturated rings. The molecule has 0 spiro atoms. The molecule has 0 aliphatic rings. The molecular weight excluding hydrogens is 458 g/mol. The lowest BCUT2D eigenvalue weighted by Gasteiger charge is -2.24. The number of nitrogens with zero attached hydrogens (tertiary/aromatic N) is 1. The number of hydrogen-bond acceptors (Lipinski definition) is 4. The van der Waals surface area contributed by atoms with Gasteiger partial charge < -0.3 is 14.4 Å². The van der Waals surface area contributed by atoms with E-state index in [9.17, 15) is 9.59 Å². The van der Waals surface area contributed by atoms with Crippen LogP contribution in [0.25, 0.3) is 0 Å². The number of rotatable bonds is 13. The molecule has 0 N–H and O–H groups in total. The third-order valence-electron chi connectivity index (χ3n) is 4.82. The van der Waals surface area contributed by atoms with Gasteiger partial charge in [0.1, 0.15) is 5.75 Å². The van der Waals surface area contributed by atoms with E-state index in [4.69, 9.17) is 9.47 Å². The van der Waals surface area contributed by atoms with Crippen LogP contribution in [0, 0.1) is 0 Å². The Kier molecular flexibility index (Phi) is 11.1. The lowest BCUT2D eigenvalue weighted by molar-refractivity contribution is -0.143. The van der Waals surface area contributed by atoms with Crippen molar-refractivity contribution in [3.8, 4) is 5.75 Å². The lowest BCUT2D eigenvalue weighted by Crippen LogP contribution is -2.33. The van der Waals surface area contributed by atoms with Gasteiger partial charge in [0, 0.05) is 17.6 Å². The number of carbonyl (C=O) groups is 2. The third-order valence-corrected chi connectivity index (χ3v) is 5.32. The first-order valence-electron chi connectivity index (χ1n) is 11.0. The molecule has 0 unspecified atom stereocenters. The molecule has 0 saturated carbocycles. The van der Waals surface area contributed by atoms with Gasteiger partial charge in [0.25, 0.3) is 5.91 Å². The van der Waals surface area contributed by atoms with E-state index in [0.29, 0.717) is 31.1 Å². The summed E-state index contributed by atoms with van der Waals surface area (Å²) in [6.45, 7) is 5.52. The molecule has 0 heterocycles. The molecular formula is C25H32BrNO4. The quantitative estimate of drug-likeness (QED) is 0.255. The molecule has 0 atom stereocenters. The van der Waals surface area contributed by atoms with Gasteiger partial charge in [-0.15, -0.1) is 0 Å². The third kappa shape index (κ3) is 8.74. The fourth-order valence-corrected chi connectivity index (χ4v) is 3.55. The summed E-state index contributed by atoms with van der Waals surface area (Å²) < 4.78 is 11.8. The first kappa shape index (κ1) is 24.9. The molecule has 31 heavy (non-hydrogen) atoms. The summed E-state index contributed by atoms with van der Waals surface area (Å²) in [5.74, 6) is 0.0897. The average Bonchev–Trinajstić information content (AvgIpc) is 2.77. The second-order valence-corrected chi connectivity index (χ2v) is 8.23. The topological polar surface area (TPSA) is 55.8 Å². The van der Waals surface area contributed by atoms with Crippen LogP contribution in [-0.2, 0) is 16.1 Å². The maximum atomic E-state index is 13.5. The summed E-state index contributed by atoms with van der Waals surface area (Å²) in [6.07, 6.45) is 4.54. The standard InChI is InChI=1S/C25H32BrNO4/c1-3-5-6-10-17-31-23-14-13-21(26)18-22(23)25(29)27(16-15-24(28)30-4-2)19-20-11-8-7-9-12-20/h7-9,11-14,18H,3-6,10,15-17,19H2,1-2H3. The van der Waals surface area contributed by atoms with E-state index in [2.05, 4.69) is 22.9 Å². The first-order chi connectivity index (χ1) is 15.0. The largest absolute Gasteiger partial charge is 0.493 e. The number of hydrogen-bond donors (Lipinski definition) is 0. The fourth-order valence-electron chi connectivity index (χ4n) is 3.19. The Morgan fingerprint density at radius 1 is 1.00 bits per heavy atom. The van der Waals surface area contributed by atoms with Crippen molar-refractivity contribution in [2.75, 3.05) is 19.8 Å². The van der Waals surface area contributed by atoms with Crippen molar-refractivity contribution >= 4 is 27.8 Å². The normalized spacial score (nSPS) is 10.5. The molecule has 2 aromatic carbocycles. The second-order valence-electron chi connectivity index (χ2n) is 7.32. The van der Waals surface area contributed by atoms with E-state index in [1.807, 2.05) is 42.5 Å². The van der Waals surface area contributed by atoms with Crippen molar-refractivity contribution in [2.45, 2.75) is 52.5 Å². The van der Waals surface area contributed by atoms with E-state index in [1.165, 1.54) is 6.42 Å². The van der Waals surface area contributed by atoms with Crippen LogP contribution in [0.1, 0.15) is 61.9 Å². The summed E-state index contributed by atoms with van der Waals surface area (Å²) in [4.78, 5) is 27.1. The van der Waals surface area contributed by atoms with Gasteiger partial charge in [0.05, 0.1) is 25.2 Å². The van der Waals surface area contributed by atoms with E-state index < -0.39 is 0 Å². The number of unbranched alkanes of at least 4 members (excludes halogenated alkanes) is 3. The zero-order valence-corrected chi connectivity index (χ0v) is 20.0. The van der Waals surface area contributed by atoms with Crippen molar-refractivity contribution in [1.29, 1.82) is 0 Å². The van der Waals surface area contributed by atoms with Crippen LogP contribution in [0.4, 0.5) is 0 Å². The number of amides is 1. The first-order valence-corrected chi connectivity index (χ1v) is 11.8. The van der Waals surface area contributed by atoms with E-state index >= 15 is 0 Å². The molecule has 0 saturated heterocycles. The summed E-state index contributed by atoms with van der Waals surface area (Å²) in [6, 6.07) is 15.2. The van der Waals surface area contributed by atoms with Gasteiger partial charge in [-0.1, -0.05) is 72.4 Å². The maximum absolute atomic E-state index is 13.5. The Bertz CT molecular complexity index is 826. The molecule has 0 bridgehead atoms. The zero-order valence-electron chi connectivity index (χ0n) is 18.4. The zero-order chi connectivity index (χ0) is 22.5. The smallest absolute Gasteiger partial charge is 0.307 e. The SMILES string of the molecule is CCCCCCOc1ccc(Br)cc1C(=O)N(CCC(=O)OCC)Cc1ccccc1. The molecule has 0 aliphatic carbocycles. The van der Waals surface area contributed by atoms with Gasteiger partial charge >= 0.3 is 5.97 Å². The monoisotopic (exact) mass is 489 g/mol. The molecule has 0 aliphatic heterocycles. The van der Waals surface area contributed by atoms with Crippen molar-refractivity contribution in [2.24, 2.45) is 0 Å². The predicted octanol–water partition coefficient (Wildman–Crippen LogP) is 6.00. The van der Waals surface area contributed by atoms with Crippen LogP contribution in [0.5, 0.6) is 5.75 Å². The Balaban J connectivity index is 2.19. The molecule has 2 aromatic rings. The van der Waals surface area contributed by atoms with Crippen LogP contribution in [0.2, 0.25) is 0 Å². The molecule has 0 aromatic heterocycles. The van der Waals surface area contributed by atoms with Crippen molar-refractivity contribution in [3.63, 3.8) is 0 Å². The molecule has 1 amide bonds. The van der Waals surface area contributed by atoms with Gasteiger partial charge in [-0.05, 0) is 37.1 Å². The van der Waals surface area contributed by atoms with Gasteiger partial charge in [-0.2, -0.15) is 0 Å². The number of esters is 1. The van der Waals surface area contributed by atoms with Crippen LogP contribution < -0.4 is 4.74 Å². The summed E-state index contributed by atoms with van der Waals surface area (Å²) >= 11 is 3.47. The van der Waals surface area contributed by atoms with E-state index in [-0.39, 0.29) is 24.8 Å². The molecule has 168 valence electrons. The summed E-state index contributed by atoms with van der Waals surface area (Å²) in [7, 11) is 0. The summed E-state index contributed by atoms with van der Waals surface area (Å²) in [5.41, 5.74) is 1.49. The Hall–Kier alpha value is -2.34. The lowest BCUT2D eigenvalue weighted by atomic mass is 10.1. The Morgan fingerprint density at radius 2 is 1.77 bits per heavy atom. The molecule has 0 radical (unpaired) electrons. The van der Waals surface area contributed by atoms with Crippen molar-refractivity contribution in [1.82, 2.24) is 4.90 Å². The van der Waals surface area contributed by atoms with Crippen LogP contribution in [-0.4, -0.2) is 36.5 Å². The van der Waals surface area contributed by atoms with Crippen LogP contribution in [0.3, 0.4) is 0 Å². The summed E-state index contributed by atoms with van der Waals surface area (Å²) in [5, 5.41) is 0. The highest BCUT2D eigenvalue weighted by atomic mass is 79.9. The predicted molar refractivity (Wildman–Crippen MR) is 126 cm³/mol. The molecule has 2 rings (SSSR count). The number of ether oxygens (including phenoxy) is 2. The van der Waals surface area contributed by atoms with Crippen molar-refractivity contribution in [3.05, 3.63) is 64.1 Å². The number of halogens is 1. The van der Waals surface area contributed by atoms with Crippen LogP contribution >= 0.6 is 15.9 Å². The molecule has 6 heteroatoms. The van der Waals surface area contributed by atoms with E-state index in [1.54, 1.807) is 17.9 Å². The average molecular weight is 490 g/mol. The Labute approximate surface area is 193 Å². The highest BCUT2D eigenvalue weighted by Crippen LogP contribution is 2.26. The number of benzene rings is 2. The molecule has 5 nitrogen and oxygen atoms in total. The highest BCUT2D eigenvalue weighted by Gasteiger charge is 2.22. The van der Waals surface area contributed by atoms with Gasteiger partial charge in [-0.3, -0.25) is 9.59 Å². The maximum Gasteiger partial charge on any atom is 0.307 e. The minimum Gasteiger partial charge on any atom is -0.493 e.